The van der Waals surface area contributed by atoms with Gasteiger partial charge in [0.25, 0.3) is 5.56 Å². The Kier molecular flexibility index (Phi) is 9.58. The van der Waals surface area contributed by atoms with E-state index in [-0.39, 0.29) is 18.3 Å². The summed E-state index contributed by atoms with van der Waals surface area (Å²) >= 11 is 8.37. The van der Waals surface area contributed by atoms with Crippen molar-refractivity contribution >= 4 is 55.2 Å². The number of allylic oxidation sites excluding steroid dienone is 1. The first-order chi connectivity index (χ1) is 19.1. The van der Waals surface area contributed by atoms with E-state index in [1.54, 1.807) is 43.7 Å². The number of thiazole rings is 1. The molecule has 3 aromatic rings. The molecule has 2 heterocycles. The average Bonchev–Trinajstić information content (AvgIpc) is 3.19. The van der Waals surface area contributed by atoms with E-state index in [2.05, 4.69) is 36.9 Å². The van der Waals surface area contributed by atoms with E-state index in [9.17, 15) is 9.59 Å². The maximum Gasteiger partial charge on any atom is 0.338 e. The first-order valence-corrected chi connectivity index (χ1v) is 15.2. The number of hydrogen-bond donors (Lipinski definition) is 0. The Bertz CT molecular complexity index is 1630. The number of carbonyl (C=O) groups is 1. The normalized spacial score (nSPS) is 15.1. The third kappa shape index (κ3) is 6.06. The van der Waals surface area contributed by atoms with E-state index in [0.717, 1.165) is 14.5 Å². The molecule has 0 spiro atoms. The second-order valence-corrected chi connectivity index (χ2v) is 11.8. The van der Waals surface area contributed by atoms with Gasteiger partial charge in [0.15, 0.2) is 16.3 Å². The summed E-state index contributed by atoms with van der Waals surface area (Å²) in [6.07, 6.45) is 1.74. The van der Waals surface area contributed by atoms with Gasteiger partial charge in [0.2, 0.25) is 0 Å². The highest BCUT2D eigenvalue weighted by Gasteiger charge is 2.34. The van der Waals surface area contributed by atoms with Gasteiger partial charge >= 0.3 is 5.97 Å². The van der Waals surface area contributed by atoms with Crippen molar-refractivity contribution in [2.45, 2.75) is 46.8 Å². The molecular weight excluding hydrogens is 664 g/mol. The average molecular weight is 694 g/mol. The maximum atomic E-state index is 13.9. The molecule has 1 atom stereocenters. The molecule has 0 radical (unpaired) electrons. The summed E-state index contributed by atoms with van der Waals surface area (Å²) in [6.45, 7) is 9.98. The van der Waals surface area contributed by atoms with Crippen molar-refractivity contribution in [2.75, 3.05) is 20.3 Å². The fraction of sp³-hybridized carbons (Fsp3) is 0.345. The summed E-state index contributed by atoms with van der Waals surface area (Å²) in [5.41, 5.74) is 1.98. The van der Waals surface area contributed by atoms with Crippen LogP contribution in [0.2, 0.25) is 0 Å². The standard InChI is InChI=1S/C29H30Br2N2O6S/c1-7-37-26-19(30)11-17(12-20(26)31)13-23-27(34)33-25(18-9-10-21(39-15(3)4)22(14-18)36-6)24(28(35)38-8-2)16(5)32-29(33)40-23/h9-15,25H,7-8H2,1-6H3/b23-13-/t25-/m0/s1. The molecule has 2 aromatic carbocycles. The van der Waals surface area contributed by atoms with Crippen LogP contribution in [0.3, 0.4) is 0 Å². The fourth-order valence-electron chi connectivity index (χ4n) is 4.41. The van der Waals surface area contributed by atoms with Crippen LogP contribution in [-0.4, -0.2) is 37.0 Å². The lowest BCUT2D eigenvalue weighted by atomic mass is 9.95. The number of nitrogens with zero attached hydrogens (tertiary/aromatic N) is 2. The molecule has 8 nitrogen and oxygen atoms in total. The molecule has 0 amide bonds. The zero-order valence-electron chi connectivity index (χ0n) is 23.0. The van der Waals surface area contributed by atoms with Crippen LogP contribution in [-0.2, 0) is 9.53 Å². The van der Waals surface area contributed by atoms with Crippen LogP contribution in [0.25, 0.3) is 6.08 Å². The van der Waals surface area contributed by atoms with Crippen molar-refractivity contribution in [3.8, 4) is 17.2 Å². The van der Waals surface area contributed by atoms with Crippen LogP contribution in [0.15, 0.2) is 60.3 Å². The number of ether oxygens (including phenoxy) is 4. The maximum absolute atomic E-state index is 13.9. The van der Waals surface area contributed by atoms with Crippen molar-refractivity contribution < 1.29 is 23.7 Å². The van der Waals surface area contributed by atoms with Crippen LogP contribution in [0.4, 0.5) is 0 Å². The van der Waals surface area contributed by atoms with Crippen LogP contribution >= 0.6 is 43.2 Å². The second-order valence-electron chi connectivity index (χ2n) is 9.13. The summed E-state index contributed by atoms with van der Waals surface area (Å²) in [5, 5.41) is 0. The predicted octanol–water partition coefficient (Wildman–Crippen LogP) is 5.52. The molecule has 40 heavy (non-hydrogen) atoms. The van der Waals surface area contributed by atoms with Crippen LogP contribution in [0.1, 0.15) is 51.8 Å². The molecule has 0 aliphatic carbocycles. The first kappa shape index (κ1) is 30.1. The fourth-order valence-corrected chi connectivity index (χ4v) is 6.91. The summed E-state index contributed by atoms with van der Waals surface area (Å²) in [7, 11) is 1.55. The topological polar surface area (TPSA) is 88.4 Å². The number of aromatic nitrogens is 1. The van der Waals surface area contributed by atoms with Gasteiger partial charge in [0.05, 0.1) is 57.2 Å². The SMILES string of the molecule is CCOC(=O)C1=C(C)N=c2s/c(=C\c3cc(Br)c(OCC)c(Br)c3)c(=O)n2[C@H]1c1ccc(OC(C)C)c(OC)c1. The van der Waals surface area contributed by atoms with Gasteiger partial charge in [-0.1, -0.05) is 17.4 Å². The molecule has 0 saturated heterocycles. The Morgan fingerprint density at radius 1 is 1.12 bits per heavy atom. The number of carbonyl (C=O) groups excluding carboxylic acids is 1. The van der Waals surface area contributed by atoms with E-state index in [1.165, 1.54) is 11.3 Å². The van der Waals surface area contributed by atoms with Gasteiger partial charge < -0.3 is 18.9 Å². The molecule has 0 saturated carbocycles. The molecule has 4 rings (SSSR count). The summed E-state index contributed by atoms with van der Waals surface area (Å²) in [4.78, 5) is 32.3. The van der Waals surface area contributed by atoms with Gasteiger partial charge in [-0.3, -0.25) is 9.36 Å². The molecule has 0 bridgehead atoms. The molecule has 1 aromatic heterocycles. The Morgan fingerprint density at radius 2 is 1.82 bits per heavy atom. The number of esters is 1. The number of rotatable bonds is 9. The van der Waals surface area contributed by atoms with Gasteiger partial charge in [-0.25, -0.2) is 9.79 Å². The number of hydrogen-bond acceptors (Lipinski definition) is 8. The highest BCUT2D eigenvalue weighted by atomic mass is 79.9. The lowest BCUT2D eigenvalue weighted by Gasteiger charge is -2.25. The van der Waals surface area contributed by atoms with E-state index < -0.39 is 12.0 Å². The van der Waals surface area contributed by atoms with Crippen molar-refractivity contribution in [3.63, 3.8) is 0 Å². The Balaban J connectivity index is 1.93. The third-order valence-corrected chi connectivity index (χ3v) is 8.15. The zero-order valence-corrected chi connectivity index (χ0v) is 27.0. The van der Waals surface area contributed by atoms with Crippen molar-refractivity contribution in [1.29, 1.82) is 0 Å². The monoisotopic (exact) mass is 692 g/mol. The van der Waals surface area contributed by atoms with Crippen LogP contribution < -0.4 is 29.1 Å². The molecular formula is C29H30Br2N2O6S. The lowest BCUT2D eigenvalue weighted by molar-refractivity contribution is -0.139. The van der Waals surface area contributed by atoms with E-state index in [4.69, 9.17) is 18.9 Å². The molecule has 212 valence electrons. The minimum Gasteiger partial charge on any atom is -0.493 e. The second kappa shape index (κ2) is 12.7. The highest BCUT2D eigenvalue weighted by molar-refractivity contribution is 9.11. The molecule has 1 aliphatic rings. The lowest BCUT2D eigenvalue weighted by Crippen LogP contribution is -2.40. The van der Waals surface area contributed by atoms with Crippen molar-refractivity contribution in [1.82, 2.24) is 4.57 Å². The minimum absolute atomic E-state index is 0.0580. The van der Waals surface area contributed by atoms with Gasteiger partial charge in [0.1, 0.15) is 5.75 Å². The Labute approximate surface area is 253 Å². The Morgan fingerprint density at radius 3 is 2.42 bits per heavy atom. The molecule has 0 unspecified atom stereocenters. The van der Waals surface area contributed by atoms with Gasteiger partial charge in [-0.05, 0) is 108 Å². The van der Waals surface area contributed by atoms with Crippen LogP contribution in [0.5, 0.6) is 17.2 Å². The minimum atomic E-state index is -0.766. The van der Waals surface area contributed by atoms with Crippen molar-refractivity contribution in [2.24, 2.45) is 4.99 Å². The summed E-state index contributed by atoms with van der Waals surface area (Å²) < 4.78 is 26.1. The van der Waals surface area contributed by atoms with E-state index in [1.807, 2.05) is 39.0 Å². The zero-order chi connectivity index (χ0) is 29.1. The smallest absolute Gasteiger partial charge is 0.338 e. The van der Waals surface area contributed by atoms with Gasteiger partial charge in [-0.2, -0.15) is 0 Å². The van der Waals surface area contributed by atoms with Gasteiger partial charge in [-0.15, -0.1) is 0 Å². The number of fused-ring (bicyclic) bond motifs is 1. The molecule has 0 N–H and O–H groups in total. The molecule has 1 aliphatic heterocycles. The highest BCUT2D eigenvalue weighted by Crippen LogP contribution is 2.37. The first-order valence-electron chi connectivity index (χ1n) is 12.8. The summed E-state index contributed by atoms with van der Waals surface area (Å²) in [6, 6.07) is 8.42. The Hall–Kier alpha value is -2.89. The summed E-state index contributed by atoms with van der Waals surface area (Å²) in [5.74, 6) is 1.23. The van der Waals surface area contributed by atoms with E-state index >= 15 is 0 Å². The quantitative estimate of drug-likeness (QED) is 0.275. The molecule has 0 fully saturated rings. The number of halogens is 2. The van der Waals surface area contributed by atoms with Crippen molar-refractivity contribution in [3.05, 3.63) is 81.4 Å². The number of methoxy groups -OCH3 is 1. The number of benzene rings is 2. The largest absolute Gasteiger partial charge is 0.493 e. The van der Waals surface area contributed by atoms with Crippen LogP contribution in [0, 0.1) is 0 Å². The predicted molar refractivity (Wildman–Crippen MR) is 162 cm³/mol. The molecule has 11 heteroatoms. The third-order valence-electron chi connectivity index (χ3n) is 5.99. The van der Waals surface area contributed by atoms with Gasteiger partial charge in [0, 0.05) is 0 Å². The van der Waals surface area contributed by atoms with E-state index in [0.29, 0.717) is 50.0 Å².